The van der Waals surface area contributed by atoms with E-state index < -0.39 is 0 Å². The Morgan fingerprint density at radius 1 is 1.18 bits per heavy atom. The second kappa shape index (κ2) is 5.11. The molecular weight excluding hydrogens is 274 g/mol. The molecule has 94 valence electrons. The van der Waals surface area contributed by atoms with E-state index in [4.69, 9.17) is 0 Å². The van der Waals surface area contributed by atoms with Gasteiger partial charge in [0.15, 0.2) is 0 Å². The Labute approximate surface area is 113 Å². The average molecular weight is 296 g/mol. The highest BCUT2D eigenvalue weighted by molar-refractivity contribution is 9.10. The molecule has 1 nitrogen and oxygen atoms in total. The second-order valence-electron chi connectivity index (χ2n) is 5.34. The highest BCUT2D eigenvalue weighted by Crippen LogP contribution is 2.41. The van der Waals surface area contributed by atoms with Crippen molar-refractivity contribution in [3.63, 3.8) is 0 Å². The third-order valence-electron chi connectivity index (χ3n) is 4.48. The van der Waals surface area contributed by atoms with Gasteiger partial charge in [-0.3, -0.25) is 4.90 Å². The number of likely N-dealkylation sites (tertiary alicyclic amines) is 1. The fourth-order valence-corrected chi connectivity index (χ4v) is 3.00. The van der Waals surface area contributed by atoms with Gasteiger partial charge < -0.3 is 0 Å². The summed E-state index contributed by atoms with van der Waals surface area (Å²) in [6.07, 6.45) is 2.63. The van der Waals surface area contributed by atoms with E-state index in [1.807, 2.05) is 0 Å². The summed E-state index contributed by atoms with van der Waals surface area (Å²) < 4.78 is 1.16. The largest absolute Gasteiger partial charge is 0.295 e. The lowest BCUT2D eigenvalue weighted by Gasteiger charge is -2.52. The van der Waals surface area contributed by atoms with Crippen LogP contribution in [0, 0.1) is 5.41 Å². The van der Waals surface area contributed by atoms with Gasteiger partial charge in [0, 0.05) is 23.6 Å². The third-order valence-corrected chi connectivity index (χ3v) is 5.01. The van der Waals surface area contributed by atoms with Crippen molar-refractivity contribution in [1.82, 2.24) is 4.90 Å². The number of halogens is 1. The first-order chi connectivity index (χ1) is 8.10. The molecule has 1 aliphatic heterocycles. The van der Waals surface area contributed by atoms with Gasteiger partial charge in [-0.15, -0.1) is 0 Å². The van der Waals surface area contributed by atoms with Crippen LogP contribution in [0.5, 0.6) is 0 Å². The van der Waals surface area contributed by atoms with Crippen molar-refractivity contribution < 1.29 is 0 Å². The summed E-state index contributed by atoms with van der Waals surface area (Å²) in [5.74, 6) is 0. The van der Waals surface area contributed by atoms with Crippen molar-refractivity contribution in [3.05, 3.63) is 34.3 Å². The fraction of sp³-hybridized carbons (Fsp3) is 0.600. The Morgan fingerprint density at radius 2 is 1.71 bits per heavy atom. The molecule has 17 heavy (non-hydrogen) atoms. The van der Waals surface area contributed by atoms with Gasteiger partial charge in [0.1, 0.15) is 0 Å². The molecule has 1 atom stereocenters. The molecule has 0 saturated carbocycles. The number of benzene rings is 1. The van der Waals surface area contributed by atoms with Crippen LogP contribution >= 0.6 is 15.9 Å². The van der Waals surface area contributed by atoms with E-state index in [0.29, 0.717) is 11.5 Å². The van der Waals surface area contributed by atoms with Gasteiger partial charge >= 0.3 is 0 Å². The second-order valence-corrected chi connectivity index (χ2v) is 6.26. The molecule has 0 spiro atoms. The predicted molar refractivity (Wildman–Crippen MR) is 77.1 cm³/mol. The van der Waals surface area contributed by atoms with Crippen LogP contribution in [0.2, 0.25) is 0 Å². The van der Waals surface area contributed by atoms with Crippen molar-refractivity contribution in [2.24, 2.45) is 5.41 Å². The van der Waals surface area contributed by atoms with E-state index in [-0.39, 0.29) is 0 Å². The van der Waals surface area contributed by atoms with Crippen LogP contribution in [-0.2, 0) is 0 Å². The first kappa shape index (κ1) is 13.1. The molecule has 1 aromatic carbocycles. The molecule has 1 saturated heterocycles. The summed E-state index contributed by atoms with van der Waals surface area (Å²) in [5, 5.41) is 0. The Morgan fingerprint density at radius 3 is 2.18 bits per heavy atom. The Kier molecular flexibility index (Phi) is 3.94. The highest BCUT2D eigenvalue weighted by atomic mass is 79.9. The molecule has 0 amide bonds. The van der Waals surface area contributed by atoms with E-state index in [0.717, 1.165) is 4.47 Å². The molecule has 1 aromatic rings. The van der Waals surface area contributed by atoms with Crippen molar-refractivity contribution >= 4 is 15.9 Å². The SMILES string of the molecule is CCC1(CC)CN(C(C)c2ccc(Br)cc2)C1. The molecule has 2 rings (SSSR count). The van der Waals surface area contributed by atoms with Gasteiger partial charge in [0.2, 0.25) is 0 Å². The van der Waals surface area contributed by atoms with E-state index >= 15 is 0 Å². The van der Waals surface area contributed by atoms with Crippen LogP contribution in [0.1, 0.15) is 45.2 Å². The van der Waals surface area contributed by atoms with E-state index in [1.165, 1.54) is 31.5 Å². The molecule has 0 aromatic heterocycles. The summed E-state index contributed by atoms with van der Waals surface area (Å²) in [5.41, 5.74) is 2.03. The zero-order valence-corrected chi connectivity index (χ0v) is 12.6. The lowest BCUT2D eigenvalue weighted by Crippen LogP contribution is -2.56. The van der Waals surface area contributed by atoms with Crippen LogP contribution in [0.4, 0.5) is 0 Å². The molecule has 1 heterocycles. The van der Waals surface area contributed by atoms with Crippen LogP contribution in [0.15, 0.2) is 28.7 Å². The zero-order valence-electron chi connectivity index (χ0n) is 11.0. The van der Waals surface area contributed by atoms with Gasteiger partial charge in [-0.05, 0) is 42.9 Å². The minimum absolute atomic E-state index is 0.550. The van der Waals surface area contributed by atoms with Crippen LogP contribution in [0.3, 0.4) is 0 Å². The van der Waals surface area contributed by atoms with Gasteiger partial charge in [0.25, 0.3) is 0 Å². The molecule has 2 heteroatoms. The van der Waals surface area contributed by atoms with Gasteiger partial charge in [-0.25, -0.2) is 0 Å². The van der Waals surface area contributed by atoms with E-state index in [2.05, 4.69) is 65.9 Å². The summed E-state index contributed by atoms with van der Waals surface area (Å²) in [4.78, 5) is 2.59. The lowest BCUT2D eigenvalue weighted by molar-refractivity contribution is -0.0330. The van der Waals surface area contributed by atoms with Crippen molar-refractivity contribution in [1.29, 1.82) is 0 Å². The van der Waals surface area contributed by atoms with Crippen LogP contribution in [0.25, 0.3) is 0 Å². The van der Waals surface area contributed by atoms with Crippen molar-refractivity contribution in [3.8, 4) is 0 Å². The Hall–Kier alpha value is -0.340. The summed E-state index contributed by atoms with van der Waals surface area (Å²) >= 11 is 3.49. The highest BCUT2D eigenvalue weighted by Gasteiger charge is 2.41. The number of hydrogen-bond acceptors (Lipinski definition) is 1. The molecule has 1 aliphatic rings. The standard InChI is InChI=1S/C15H22BrN/c1-4-15(5-2)10-17(11-15)12(3)13-6-8-14(16)9-7-13/h6-9,12H,4-5,10-11H2,1-3H3. The lowest BCUT2D eigenvalue weighted by atomic mass is 9.74. The zero-order chi connectivity index (χ0) is 12.5. The summed E-state index contributed by atoms with van der Waals surface area (Å²) in [7, 11) is 0. The van der Waals surface area contributed by atoms with Crippen LogP contribution < -0.4 is 0 Å². The summed E-state index contributed by atoms with van der Waals surface area (Å²) in [6, 6.07) is 9.28. The monoisotopic (exact) mass is 295 g/mol. The van der Waals surface area contributed by atoms with Crippen molar-refractivity contribution in [2.75, 3.05) is 13.1 Å². The summed E-state index contributed by atoms with van der Waals surface area (Å²) in [6.45, 7) is 9.49. The van der Waals surface area contributed by atoms with E-state index in [9.17, 15) is 0 Å². The molecule has 0 aliphatic carbocycles. The molecule has 0 radical (unpaired) electrons. The number of hydrogen-bond donors (Lipinski definition) is 0. The molecular formula is C15H22BrN. The number of rotatable bonds is 4. The molecule has 1 unspecified atom stereocenters. The van der Waals surface area contributed by atoms with Crippen molar-refractivity contribution in [2.45, 2.75) is 39.7 Å². The minimum atomic E-state index is 0.550. The number of nitrogens with zero attached hydrogens (tertiary/aromatic N) is 1. The first-order valence-corrected chi connectivity index (χ1v) is 7.39. The molecule has 0 N–H and O–H groups in total. The minimum Gasteiger partial charge on any atom is -0.295 e. The quantitative estimate of drug-likeness (QED) is 0.783. The third kappa shape index (κ3) is 2.58. The predicted octanol–water partition coefficient (Wildman–Crippen LogP) is 4.63. The van der Waals surface area contributed by atoms with E-state index in [1.54, 1.807) is 0 Å². The molecule has 1 fully saturated rings. The Bertz CT molecular complexity index is 359. The Balaban J connectivity index is 1.99. The smallest absolute Gasteiger partial charge is 0.0320 e. The first-order valence-electron chi connectivity index (χ1n) is 6.60. The molecule has 0 bridgehead atoms. The maximum absolute atomic E-state index is 3.49. The topological polar surface area (TPSA) is 3.24 Å². The van der Waals surface area contributed by atoms with Gasteiger partial charge in [-0.2, -0.15) is 0 Å². The maximum Gasteiger partial charge on any atom is 0.0320 e. The average Bonchev–Trinajstić information content (AvgIpc) is 2.29. The van der Waals surface area contributed by atoms with Gasteiger partial charge in [0.05, 0.1) is 0 Å². The van der Waals surface area contributed by atoms with Gasteiger partial charge in [-0.1, -0.05) is 41.9 Å². The van der Waals surface area contributed by atoms with Crippen LogP contribution in [-0.4, -0.2) is 18.0 Å². The normalized spacial score (nSPS) is 20.9. The maximum atomic E-state index is 3.49. The fourth-order valence-electron chi connectivity index (χ4n) is 2.74.